The van der Waals surface area contributed by atoms with Crippen LogP contribution in [0.2, 0.25) is 0 Å². The van der Waals surface area contributed by atoms with E-state index < -0.39 is 0 Å². The molecule has 0 aromatic rings. The molecule has 3 nitrogen and oxygen atoms in total. The molecule has 0 unspecified atom stereocenters. The third-order valence-electron chi connectivity index (χ3n) is 4.90. The second-order valence-electron chi connectivity index (χ2n) is 6.19. The number of rotatable bonds is 3. The van der Waals surface area contributed by atoms with E-state index in [1.54, 1.807) is 0 Å². The molecule has 1 aliphatic heterocycles. The van der Waals surface area contributed by atoms with Crippen LogP contribution in [0.5, 0.6) is 0 Å². The second kappa shape index (κ2) is 4.97. The molecule has 0 spiro atoms. The predicted molar refractivity (Wildman–Crippen MR) is 67.7 cm³/mol. The van der Waals surface area contributed by atoms with Gasteiger partial charge >= 0.3 is 0 Å². The van der Waals surface area contributed by atoms with Crippen LogP contribution in [0.15, 0.2) is 0 Å². The van der Waals surface area contributed by atoms with Crippen molar-refractivity contribution in [3.05, 3.63) is 0 Å². The molecule has 0 radical (unpaired) electrons. The van der Waals surface area contributed by atoms with Gasteiger partial charge in [-0.25, -0.2) is 0 Å². The average Bonchev–Trinajstić information content (AvgIpc) is 2.92. The van der Waals surface area contributed by atoms with Crippen LogP contribution in [-0.2, 0) is 4.79 Å². The molecule has 3 atom stereocenters. The number of hydrogen-bond acceptors (Lipinski definition) is 2. The number of nitrogens with zero attached hydrogens (tertiary/aromatic N) is 1. The van der Waals surface area contributed by atoms with Gasteiger partial charge in [0.15, 0.2) is 0 Å². The number of piperidine rings is 1. The van der Waals surface area contributed by atoms with Crippen LogP contribution in [0.3, 0.4) is 0 Å². The Balaban J connectivity index is 1.44. The molecule has 1 amide bonds. The zero-order chi connectivity index (χ0) is 11.7. The molecular weight excluding hydrogens is 212 g/mol. The molecule has 2 saturated carbocycles. The minimum Gasteiger partial charge on any atom is -0.352 e. The lowest BCUT2D eigenvalue weighted by atomic mass is 9.95. The van der Waals surface area contributed by atoms with Crippen molar-refractivity contribution in [3.63, 3.8) is 0 Å². The van der Waals surface area contributed by atoms with Gasteiger partial charge in [0.2, 0.25) is 5.91 Å². The molecule has 1 heterocycles. The van der Waals surface area contributed by atoms with Gasteiger partial charge in [-0.1, -0.05) is 12.8 Å². The summed E-state index contributed by atoms with van der Waals surface area (Å²) in [5, 5.41) is 3.28. The molecule has 17 heavy (non-hydrogen) atoms. The zero-order valence-corrected chi connectivity index (χ0v) is 10.7. The van der Waals surface area contributed by atoms with E-state index in [0.29, 0.717) is 12.6 Å². The fraction of sp³-hybridized carbons (Fsp3) is 0.929. The third kappa shape index (κ3) is 2.65. The summed E-state index contributed by atoms with van der Waals surface area (Å²) in [4.78, 5) is 14.3. The van der Waals surface area contributed by atoms with Crippen molar-refractivity contribution in [1.82, 2.24) is 10.2 Å². The van der Waals surface area contributed by atoms with Gasteiger partial charge in [-0.15, -0.1) is 0 Å². The Bertz CT molecular complexity index is 286. The van der Waals surface area contributed by atoms with Crippen molar-refractivity contribution in [2.45, 2.75) is 51.0 Å². The maximum absolute atomic E-state index is 12.0. The van der Waals surface area contributed by atoms with Crippen LogP contribution >= 0.6 is 0 Å². The molecule has 2 aliphatic carbocycles. The van der Waals surface area contributed by atoms with Crippen molar-refractivity contribution >= 4 is 5.91 Å². The maximum atomic E-state index is 12.0. The van der Waals surface area contributed by atoms with E-state index in [2.05, 4.69) is 10.2 Å². The number of carbonyl (C=O) groups is 1. The summed E-state index contributed by atoms with van der Waals surface area (Å²) < 4.78 is 0. The van der Waals surface area contributed by atoms with Gasteiger partial charge < -0.3 is 5.32 Å². The molecule has 1 N–H and O–H groups in total. The summed E-state index contributed by atoms with van der Waals surface area (Å²) >= 11 is 0. The lowest BCUT2D eigenvalue weighted by molar-refractivity contribution is -0.123. The van der Waals surface area contributed by atoms with Gasteiger partial charge in [-0.05, 0) is 57.0 Å². The van der Waals surface area contributed by atoms with Gasteiger partial charge in [-0.2, -0.15) is 0 Å². The lowest BCUT2D eigenvalue weighted by Crippen LogP contribution is -2.45. The number of carbonyl (C=O) groups excluding carboxylic acids is 1. The fourth-order valence-corrected chi connectivity index (χ4v) is 3.99. The van der Waals surface area contributed by atoms with Crippen molar-refractivity contribution in [1.29, 1.82) is 0 Å². The van der Waals surface area contributed by atoms with E-state index in [-0.39, 0.29) is 5.91 Å². The summed E-state index contributed by atoms with van der Waals surface area (Å²) in [6.45, 7) is 2.86. The Labute approximate surface area is 104 Å². The summed E-state index contributed by atoms with van der Waals surface area (Å²) in [6, 6.07) is 0.506. The Morgan fingerprint density at radius 2 is 1.94 bits per heavy atom. The largest absolute Gasteiger partial charge is 0.352 e. The number of fused-ring (bicyclic) bond motifs is 2. The Hall–Kier alpha value is -0.570. The van der Waals surface area contributed by atoms with Crippen molar-refractivity contribution in [2.75, 3.05) is 19.6 Å². The van der Waals surface area contributed by atoms with Gasteiger partial charge in [-0.3, -0.25) is 9.69 Å². The first-order chi connectivity index (χ1) is 8.31. The SMILES string of the molecule is O=C(CN1CCCCC1)N[C@@H]1C[C@H]2CC[C@@H]1C2. The van der Waals surface area contributed by atoms with Gasteiger partial charge in [0.25, 0.3) is 0 Å². The van der Waals surface area contributed by atoms with Gasteiger partial charge in [0.1, 0.15) is 0 Å². The topological polar surface area (TPSA) is 32.3 Å². The van der Waals surface area contributed by atoms with E-state index in [1.165, 1.54) is 44.9 Å². The normalized spacial score (nSPS) is 37.3. The van der Waals surface area contributed by atoms with Gasteiger partial charge in [0.05, 0.1) is 6.54 Å². The molecule has 1 saturated heterocycles. The van der Waals surface area contributed by atoms with Crippen molar-refractivity contribution in [2.24, 2.45) is 11.8 Å². The Morgan fingerprint density at radius 3 is 2.59 bits per heavy atom. The van der Waals surface area contributed by atoms with Crippen LogP contribution in [0, 0.1) is 11.8 Å². The second-order valence-corrected chi connectivity index (χ2v) is 6.19. The van der Waals surface area contributed by atoms with E-state index in [9.17, 15) is 4.79 Å². The standard InChI is InChI=1S/C14H24N2O/c17-14(10-16-6-2-1-3-7-16)15-13-9-11-4-5-12(13)8-11/h11-13H,1-10H2,(H,15,17)/t11-,12+,13+/m0/s1. The Kier molecular flexibility index (Phi) is 3.37. The van der Waals surface area contributed by atoms with E-state index >= 15 is 0 Å². The van der Waals surface area contributed by atoms with Crippen LogP contribution in [0.25, 0.3) is 0 Å². The number of likely N-dealkylation sites (tertiary alicyclic amines) is 1. The summed E-state index contributed by atoms with van der Waals surface area (Å²) in [7, 11) is 0. The van der Waals surface area contributed by atoms with Gasteiger partial charge in [0, 0.05) is 6.04 Å². The summed E-state index contributed by atoms with van der Waals surface area (Å²) in [5.41, 5.74) is 0. The van der Waals surface area contributed by atoms with E-state index in [4.69, 9.17) is 0 Å². The number of nitrogens with one attached hydrogen (secondary N) is 1. The highest BCUT2D eigenvalue weighted by molar-refractivity contribution is 5.78. The maximum Gasteiger partial charge on any atom is 0.234 e. The molecule has 3 rings (SSSR count). The first-order valence-corrected chi connectivity index (χ1v) is 7.33. The molecule has 3 fully saturated rings. The van der Waals surface area contributed by atoms with E-state index in [1.807, 2.05) is 0 Å². The van der Waals surface area contributed by atoms with E-state index in [0.717, 1.165) is 24.9 Å². The smallest absolute Gasteiger partial charge is 0.234 e. The quantitative estimate of drug-likeness (QED) is 0.810. The number of amides is 1. The van der Waals surface area contributed by atoms with Crippen LogP contribution in [-0.4, -0.2) is 36.5 Å². The zero-order valence-electron chi connectivity index (χ0n) is 10.7. The number of hydrogen-bond donors (Lipinski definition) is 1. The molecule has 0 aromatic carbocycles. The van der Waals surface area contributed by atoms with Crippen LogP contribution in [0.4, 0.5) is 0 Å². The van der Waals surface area contributed by atoms with Crippen LogP contribution < -0.4 is 5.32 Å². The summed E-state index contributed by atoms with van der Waals surface area (Å²) in [6.07, 6.45) is 9.24. The predicted octanol–water partition coefficient (Wildman–Crippen LogP) is 1.78. The fourth-order valence-electron chi connectivity index (χ4n) is 3.99. The highest BCUT2D eigenvalue weighted by Crippen LogP contribution is 2.44. The first kappa shape index (κ1) is 11.5. The molecule has 2 bridgehead atoms. The summed E-state index contributed by atoms with van der Waals surface area (Å²) in [5.74, 6) is 1.98. The average molecular weight is 236 g/mol. The highest BCUT2D eigenvalue weighted by atomic mass is 16.2. The Morgan fingerprint density at radius 1 is 1.12 bits per heavy atom. The van der Waals surface area contributed by atoms with Crippen molar-refractivity contribution in [3.8, 4) is 0 Å². The first-order valence-electron chi connectivity index (χ1n) is 7.33. The minimum atomic E-state index is 0.268. The minimum absolute atomic E-state index is 0.268. The monoisotopic (exact) mass is 236 g/mol. The molecule has 0 aromatic heterocycles. The highest BCUT2D eigenvalue weighted by Gasteiger charge is 2.40. The molecular formula is C14H24N2O. The van der Waals surface area contributed by atoms with Crippen molar-refractivity contribution < 1.29 is 4.79 Å². The lowest BCUT2D eigenvalue weighted by Gasteiger charge is -2.28. The molecule has 96 valence electrons. The molecule has 3 aliphatic rings. The third-order valence-corrected chi connectivity index (χ3v) is 4.90. The van der Waals surface area contributed by atoms with Crippen LogP contribution in [0.1, 0.15) is 44.9 Å². The molecule has 3 heteroatoms.